The van der Waals surface area contributed by atoms with Gasteiger partial charge in [0.05, 0.1) is 6.61 Å². The minimum atomic E-state index is -4.62. The van der Waals surface area contributed by atoms with Crippen molar-refractivity contribution in [2.45, 2.75) is 194 Å². The predicted molar refractivity (Wildman–Crippen MR) is 169 cm³/mol. The van der Waals surface area contributed by atoms with Gasteiger partial charge in [-0.2, -0.15) is 0 Å². The molecule has 40 heavy (non-hydrogen) atoms. The molecule has 0 fully saturated rings. The first-order chi connectivity index (χ1) is 19.0. The van der Waals surface area contributed by atoms with Crippen molar-refractivity contribution in [3.63, 3.8) is 0 Å². The zero-order chi connectivity index (χ0) is 28.7. The van der Waals surface area contributed by atoms with Crippen LogP contribution in [-0.4, -0.2) is 19.6 Å². The van der Waals surface area contributed by atoms with Crippen LogP contribution in [0.15, 0.2) is 12.2 Å². The van der Waals surface area contributed by atoms with E-state index in [4.69, 9.17) is 0 Å². The second-order valence-corrected chi connectivity index (χ2v) is 13.0. The second kappa shape index (κ2) is 34.7. The van der Waals surface area contributed by atoms with Crippen LogP contribution in [0.5, 0.6) is 0 Å². The summed E-state index contributed by atoms with van der Waals surface area (Å²) >= 11 is 0. The number of allylic oxidation sites excluding steroid dienone is 1. The van der Waals surface area contributed by atoms with Crippen molar-refractivity contribution in [1.29, 1.82) is 0 Å². The van der Waals surface area contributed by atoms with Crippen molar-refractivity contribution in [2.75, 3.05) is 6.61 Å². The third-order valence-electron chi connectivity index (χ3n) is 7.99. The number of unbranched alkanes of at least 4 members (excludes halogenated alkanes) is 25. The summed E-state index contributed by atoms with van der Waals surface area (Å²) in [5, 5.41) is 0. The van der Waals surface area contributed by atoms with Gasteiger partial charge < -0.3 is 4.55 Å². The van der Waals surface area contributed by atoms with E-state index in [-0.39, 0.29) is 63.9 Å². The first kappa shape index (κ1) is 43.4. The summed E-state index contributed by atoms with van der Waals surface area (Å²) < 4.78 is 37.4. The number of rotatable bonds is 32. The maximum Gasteiger partial charge on any atom is 1.00 e. The van der Waals surface area contributed by atoms with Crippen LogP contribution in [0, 0.1) is 5.92 Å². The molecule has 0 aromatic rings. The molecule has 234 valence electrons. The zero-order valence-electron chi connectivity index (χ0n) is 27.3. The minimum absolute atomic E-state index is 0. The van der Waals surface area contributed by atoms with Crippen LogP contribution in [-0.2, 0) is 14.6 Å². The van der Waals surface area contributed by atoms with Gasteiger partial charge in [-0.25, -0.2) is 8.42 Å². The molecule has 0 heterocycles. The molecule has 0 rings (SSSR count). The van der Waals surface area contributed by atoms with Crippen LogP contribution >= 0.6 is 0 Å². The third-order valence-corrected chi connectivity index (χ3v) is 8.41. The van der Waals surface area contributed by atoms with E-state index in [9.17, 15) is 13.0 Å². The van der Waals surface area contributed by atoms with E-state index < -0.39 is 10.4 Å². The molecule has 0 radical (unpaired) electrons. The molecule has 6 heteroatoms. The molecule has 0 aliphatic rings. The van der Waals surface area contributed by atoms with Crippen LogP contribution < -0.4 is 51.4 Å². The molecule has 0 N–H and O–H groups in total. The SMILES string of the molecule is CCCCCCCCCCCCCCC/C=C/C(CCCCCCCCCCCCCCC)COS(=O)(=O)[O-].[K+]. The van der Waals surface area contributed by atoms with Crippen molar-refractivity contribution < 1.29 is 68.5 Å². The summed E-state index contributed by atoms with van der Waals surface area (Å²) in [5.41, 5.74) is 0. The first-order valence-corrected chi connectivity index (χ1v) is 18.6. The van der Waals surface area contributed by atoms with E-state index in [0.29, 0.717) is 0 Å². The summed E-state index contributed by atoms with van der Waals surface area (Å²) in [6.45, 7) is 4.53. The Morgan fingerprint density at radius 2 is 0.875 bits per heavy atom. The normalized spacial score (nSPS) is 12.7. The largest absolute Gasteiger partial charge is 1.00 e. The van der Waals surface area contributed by atoms with Crippen molar-refractivity contribution in [2.24, 2.45) is 5.92 Å². The molecule has 4 nitrogen and oxygen atoms in total. The molecular weight excluding hydrogens is 544 g/mol. The van der Waals surface area contributed by atoms with Gasteiger partial charge in [0.25, 0.3) is 0 Å². The Balaban J connectivity index is 0. The van der Waals surface area contributed by atoms with Crippen LogP contribution in [0.1, 0.15) is 194 Å². The van der Waals surface area contributed by atoms with Gasteiger partial charge in [0.1, 0.15) is 0 Å². The van der Waals surface area contributed by atoms with Crippen LogP contribution in [0.2, 0.25) is 0 Å². The van der Waals surface area contributed by atoms with E-state index in [2.05, 4.69) is 30.2 Å². The standard InChI is InChI=1S/C34H68O4S.K/c1-3-5-7-9-11-13-15-17-18-20-22-24-26-28-30-32-34(33-38-39(35,36)37)31-29-27-25-23-21-19-16-14-12-10-8-6-4-2;/h30,32,34H,3-29,31,33H2,1-2H3,(H,35,36,37);/q;+1/p-1/b32-30+;. The predicted octanol–water partition coefficient (Wildman–Crippen LogP) is 8.60. The maximum absolute atomic E-state index is 10.9. The Bertz CT molecular complexity index is 609. The molecule has 0 aliphatic carbocycles. The molecule has 0 amide bonds. The Morgan fingerprint density at radius 3 is 1.23 bits per heavy atom. The fraction of sp³-hybridized carbons (Fsp3) is 0.941. The smallest absolute Gasteiger partial charge is 0.726 e. The first-order valence-electron chi connectivity index (χ1n) is 17.3. The van der Waals surface area contributed by atoms with Crippen molar-refractivity contribution in [1.82, 2.24) is 0 Å². The van der Waals surface area contributed by atoms with Crippen molar-refractivity contribution >= 4 is 10.4 Å². The summed E-state index contributed by atoms with van der Waals surface area (Å²) in [6.07, 6.45) is 40.9. The van der Waals surface area contributed by atoms with Crippen molar-refractivity contribution in [3.05, 3.63) is 12.2 Å². The summed E-state index contributed by atoms with van der Waals surface area (Å²) in [5.74, 6) is 0.0170. The Hall–Kier alpha value is 1.25. The molecule has 0 saturated carbocycles. The van der Waals surface area contributed by atoms with E-state index in [1.54, 1.807) is 0 Å². The van der Waals surface area contributed by atoms with Crippen LogP contribution in [0.25, 0.3) is 0 Å². The van der Waals surface area contributed by atoms with E-state index in [1.807, 2.05) is 0 Å². The van der Waals surface area contributed by atoms with Gasteiger partial charge in [-0.15, -0.1) is 0 Å². The molecule has 1 atom stereocenters. The summed E-state index contributed by atoms with van der Waals surface area (Å²) in [4.78, 5) is 0. The van der Waals surface area contributed by atoms with Gasteiger partial charge >= 0.3 is 51.4 Å². The number of hydrogen-bond acceptors (Lipinski definition) is 4. The zero-order valence-corrected chi connectivity index (χ0v) is 31.2. The fourth-order valence-corrected chi connectivity index (χ4v) is 5.74. The number of hydrogen-bond donors (Lipinski definition) is 0. The monoisotopic (exact) mass is 610 g/mol. The van der Waals surface area contributed by atoms with Crippen LogP contribution in [0.3, 0.4) is 0 Å². The van der Waals surface area contributed by atoms with Gasteiger partial charge in [-0.05, 0) is 19.3 Å². The van der Waals surface area contributed by atoms with Gasteiger partial charge in [-0.3, -0.25) is 4.18 Å². The Morgan fingerprint density at radius 1 is 0.550 bits per heavy atom. The fourth-order valence-electron chi connectivity index (χ4n) is 5.40. The minimum Gasteiger partial charge on any atom is -0.726 e. The van der Waals surface area contributed by atoms with Gasteiger partial charge in [0, 0.05) is 5.92 Å². The molecular formula is C34H67KO4S. The summed E-state index contributed by atoms with van der Waals surface area (Å²) in [6, 6.07) is 0. The van der Waals surface area contributed by atoms with E-state index >= 15 is 0 Å². The average molecular weight is 611 g/mol. The second-order valence-electron chi connectivity index (χ2n) is 11.9. The Labute approximate surface area is 294 Å². The molecule has 0 saturated heterocycles. The third kappa shape index (κ3) is 37.3. The average Bonchev–Trinajstić information content (AvgIpc) is 2.91. The maximum atomic E-state index is 10.9. The quantitative estimate of drug-likeness (QED) is 0.0251. The molecule has 0 aromatic carbocycles. The topological polar surface area (TPSA) is 66.4 Å². The molecule has 1 unspecified atom stereocenters. The van der Waals surface area contributed by atoms with E-state index in [1.165, 1.54) is 161 Å². The van der Waals surface area contributed by atoms with Gasteiger partial charge in [-0.1, -0.05) is 187 Å². The van der Waals surface area contributed by atoms with E-state index in [0.717, 1.165) is 19.3 Å². The van der Waals surface area contributed by atoms with Gasteiger partial charge in [0.2, 0.25) is 10.4 Å². The molecule has 0 aromatic heterocycles. The summed E-state index contributed by atoms with van der Waals surface area (Å²) in [7, 11) is -4.62. The Kier molecular flexibility index (Phi) is 37.7. The van der Waals surface area contributed by atoms with Crippen molar-refractivity contribution in [3.8, 4) is 0 Å². The van der Waals surface area contributed by atoms with Gasteiger partial charge in [0.15, 0.2) is 0 Å². The van der Waals surface area contributed by atoms with Crippen LogP contribution in [0.4, 0.5) is 0 Å². The molecule has 0 aliphatic heterocycles. The molecule has 0 bridgehead atoms. The molecule has 0 spiro atoms.